The second kappa shape index (κ2) is 10.8. The number of esters is 1. The standard InChI is InChI=1S/C21H30N4O2S/c1-6-16-8-10-17(11-9-16)12-13-23-21(22-5)25-15(4)19-24-14(3)18(28-19)20(26)27-7-2/h8-11,15H,6-7,12-13H2,1-5H3,(H2,22,23,25). The summed E-state index contributed by atoms with van der Waals surface area (Å²) in [7, 11) is 1.75. The Morgan fingerprint density at radius 2 is 1.93 bits per heavy atom. The Morgan fingerprint density at radius 3 is 2.54 bits per heavy atom. The molecular weight excluding hydrogens is 372 g/mol. The molecule has 6 nitrogen and oxygen atoms in total. The Bertz CT molecular complexity index is 799. The third-order valence-corrected chi connectivity index (χ3v) is 5.68. The normalized spacial score (nSPS) is 12.5. The number of ether oxygens (including phenoxy) is 1. The number of hydrogen-bond donors (Lipinski definition) is 2. The van der Waals surface area contributed by atoms with Crippen LogP contribution in [0.4, 0.5) is 0 Å². The third kappa shape index (κ3) is 6.05. The molecule has 2 rings (SSSR count). The average molecular weight is 403 g/mol. The van der Waals surface area contributed by atoms with E-state index in [0.717, 1.165) is 24.4 Å². The molecule has 1 aromatic carbocycles. The van der Waals surface area contributed by atoms with Gasteiger partial charge < -0.3 is 15.4 Å². The van der Waals surface area contributed by atoms with Gasteiger partial charge in [-0.1, -0.05) is 31.2 Å². The van der Waals surface area contributed by atoms with Gasteiger partial charge in [0.05, 0.1) is 18.3 Å². The highest BCUT2D eigenvalue weighted by Gasteiger charge is 2.20. The number of nitrogens with zero attached hydrogens (tertiary/aromatic N) is 2. The summed E-state index contributed by atoms with van der Waals surface area (Å²) < 4.78 is 5.09. The van der Waals surface area contributed by atoms with Gasteiger partial charge in [-0.15, -0.1) is 11.3 Å². The van der Waals surface area contributed by atoms with Crippen molar-refractivity contribution in [3.63, 3.8) is 0 Å². The maximum atomic E-state index is 12.0. The second-order valence-electron chi connectivity index (χ2n) is 6.47. The van der Waals surface area contributed by atoms with E-state index in [-0.39, 0.29) is 12.0 Å². The Morgan fingerprint density at radius 1 is 1.25 bits per heavy atom. The molecule has 0 aliphatic rings. The molecule has 0 aliphatic carbocycles. The summed E-state index contributed by atoms with van der Waals surface area (Å²) in [5, 5.41) is 7.50. The van der Waals surface area contributed by atoms with Crippen LogP contribution in [0.2, 0.25) is 0 Å². The number of guanidine groups is 1. The lowest BCUT2D eigenvalue weighted by Gasteiger charge is -2.16. The molecule has 1 unspecified atom stereocenters. The van der Waals surface area contributed by atoms with Crippen molar-refractivity contribution in [3.05, 3.63) is 51.0 Å². The van der Waals surface area contributed by atoms with E-state index in [0.29, 0.717) is 23.1 Å². The highest BCUT2D eigenvalue weighted by Crippen LogP contribution is 2.24. The van der Waals surface area contributed by atoms with E-state index in [1.807, 2.05) is 13.8 Å². The van der Waals surface area contributed by atoms with E-state index in [9.17, 15) is 4.79 Å². The van der Waals surface area contributed by atoms with Gasteiger partial charge in [0.15, 0.2) is 5.96 Å². The molecule has 1 atom stereocenters. The van der Waals surface area contributed by atoms with Gasteiger partial charge in [-0.05, 0) is 44.7 Å². The molecule has 0 bridgehead atoms. The molecule has 0 radical (unpaired) electrons. The fraction of sp³-hybridized carbons (Fsp3) is 0.476. The maximum absolute atomic E-state index is 12.0. The number of carbonyl (C=O) groups excluding carboxylic acids is 1. The Kier molecular flexibility index (Phi) is 8.44. The summed E-state index contributed by atoms with van der Waals surface area (Å²) in [6.45, 7) is 8.93. The minimum atomic E-state index is -0.312. The van der Waals surface area contributed by atoms with Crippen molar-refractivity contribution in [1.29, 1.82) is 0 Å². The fourth-order valence-corrected chi connectivity index (χ4v) is 3.68. The first-order chi connectivity index (χ1) is 13.5. The van der Waals surface area contributed by atoms with E-state index in [4.69, 9.17) is 4.74 Å². The van der Waals surface area contributed by atoms with Gasteiger partial charge in [0.1, 0.15) is 9.88 Å². The third-order valence-electron chi connectivity index (χ3n) is 4.36. The molecule has 1 heterocycles. The number of aliphatic imine (C=N–C) groups is 1. The van der Waals surface area contributed by atoms with Crippen molar-refractivity contribution in [2.24, 2.45) is 4.99 Å². The number of carbonyl (C=O) groups is 1. The average Bonchev–Trinajstić information content (AvgIpc) is 3.09. The summed E-state index contributed by atoms with van der Waals surface area (Å²) in [6.07, 6.45) is 1.98. The Labute approximate surface area is 171 Å². The van der Waals surface area contributed by atoms with E-state index in [1.165, 1.54) is 22.5 Å². The second-order valence-corrected chi connectivity index (χ2v) is 7.50. The highest BCUT2D eigenvalue weighted by molar-refractivity contribution is 7.13. The highest BCUT2D eigenvalue weighted by atomic mass is 32.1. The summed E-state index contributed by atoms with van der Waals surface area (Å²) in [6, 6.07) is 8.64. The zero-order chi connectivity index (χ0) is 20.5. The van der Waals surface area contributed by atoms with Crippen molar-refractivity contribution in [2.45, 2.75) is 46.6 Å². The van der Waals surface area contributed by atoms with Crippen LogP contribution in [0.15, 0.2) is 29.3 Å². The molecule has 0 saturated heterocycles. The number of thiazole rings is 1. The SMILES string of the molecule is CCOC(=O)c1sc(C(C)NC(=NC)NCCc2ccc(CC)cc2)nc1C. The van der Waals surface area contributed by atoms with Crippen LogP contribution in [-0.2, 0) is 17.6 Å². The van der Waals surface area contributed by atoms with Crippen LogP contribution in [0, 0.1) is 6.92 Å². The van der Waals surface area contributed by atoms with Gasteiger partial charge in [-0.25, -0.2) is 9.78 Å². The molecular formula is C21H30N4O2S. The molecule has 0 aliphatic heterocycles. The lowest BCUT2D eigenvalue weighted by molar-refractivity contribution is 0.0531. The van der Waals surface area contributed by atoms with E-state index in [2.05, 4.69) is 51.8 Å². The van der Waals surface area contributed by atoms with Gasteiger partial charge >= 0.3 is 5.97 Å². The topological polar surface area (TPSA) is 75.6 Å². The number of aromatic nitrogens is 1. The zero-order valence-electron chi connectivity index (χ0n) is 17.3. The molecule has 2 aromatic rings. The van der Waals surface area contributed by atoms with Crippen LogP contribution in [0.25, 0.3) is 0 Å². The van der Waals surface area contributed by atoms with Crippen molar-refractivity contribution >= 4 is 23.3 Å². The van der Waals surface area contributed by atoms with Crippen molar-refractivity contribution in [2.75, 3.05) is 20.2 Å². The van der Waals surface area contributed by atoms with E-state index < -0.39 is 0 Å². The first-order valence-corrected chi connectivity index (χ1v) is 10.5. The quantitative estimate of drug-likeness (QED) is 0.400. The van der Waals surface area contributed by atoms with Crippen LogP contribution >= 0.6 is 11.3 Å². The van der Waals surface area contributed by atoms with E-state index in [1.54, 1.807) is 14.0 Å². The predicted octanol–water partition coefficient (Wildman–Crippen LogP) is 3.66. The maximum Gasteiger partial charge on any atom is 0.350 e. The van der Waals surface area contributed by atoms with Crippen molar-refractivity contribution in [3.8, 4) is 0 Å². The monoisotopic (exact) mass is 402 g/mol. The predicted molar refractivity (Wildman–Crippen MR) is 115 cm³/mol. The van der Waals surface area contributed by atoms with Crippen LogP contribution in [-0.4, -0.2) is 37.1 Å². The molecule has 152 valence electrons. The molecule has 7 heteroatoms. The molecule has 0 amide bonds. The number of benzene rings is 1. The van der Waals surface area contributed by atoms with Crippen LogP contribution in [0.1, 0.15) is 58.3 Å². The van der Waals surface area contributed by atoms with Gasteiger partial charge in [0, 0.05) is 13.6 Å². The molecule has 0 saturated carbocycles. The smallest absolute Gasteiger partial charge is 0.350 e. The molecule has 0 fully saturated rings. The summed E-state index contributed by atoms with van der Waals surface area (Å²) in [5.41, 5.74) is 3.34. The van der Waals surface area contributed by atoms with Gasteiger partial charge in [-0.3, -0.25) is 4.99 Å². The van der Waals surface area contributed by atoms with Crippen molar-refractivity contribution < 1.29 is 9.53 Å². The molecule has 1 aromatic heterocycles. The summed E-state index contributed by atoms with van der Waals surface area (Å²) in [5.74, 6) is 0.399. The number of hydrogen-bond acceptors (Lipinski definition) is 5. The minimum absolute atomic E-state index is 0.0677. The Hall–Kier alpha value is -2.41. The Balaban J connectivity index is 1.89. The molecule has 2 N–H and O–H groups in total. The summed E-state index contributed by atoms with van der Waals surface area (Å²) >= 11 is 1.36. The van der Waals surface area contributed by atoms with E-state index >= 15 is 0 Å². The van der Waals surface area contributed by atoms with Crippen LogP contribution in [0.5, 0.6) is 0 Å². The molecule has 28 heavy (non-hydrogen) atoms. The first-order valence-electron chi connectivity index (χ1n) is 9.67. The zero-order valence-corrected chi connectivity index (χ0v) is 18.2. The first kappa shape index (κ1) is 21.9. The lowest BCUT2D eigenvalue weighted by atomic mass is 10.1. The lowest BCUT2D eigenvalue weighted by Crippen LogP contribution is -2.39. The summed E-state index contributed by atoms with van der Waals surface area (Å²) in [4.78, 5) is 21.4. The van der Waals surface area contributed by atoms with Crippen molar-refractivity contribution in [1.82, 2.24) is 15.6 Å². The number of rotatable bonds is 8. The number of nitrogens with one attached hydrogen (secondary N) is 2. The van der Waals surface area contributed by atoms with Gasteiger partial charge in [0.25, 0.3) is 0 Å². The fourth-order valence-electron chi connectivity index (χ4n) is 2.72. The van der Waals surface area contributed by atoms with Gasteiger partial charge in [-0.2, -0.15) is 0 Å². The van der Waals surface area contributed by atoms with Gasteiger partial charge in [0.2, 0.25) is 0 Å². The number of aryl methyl sites for hydroxylation is 2. The van der Waals surface area contributed by atoms with Crippen LogP contribution in [0.3, 0.4) is 0 Å². The molecule has 0 spiro atoms. The largest absolute Gasteiger partial charge is 0.462 e. The van der Waals surface area contributed by atoms with Crippen LogP contribution < -0.4 is 10.6 Å². The minimum Gasteiger partial charge on any atom is -0.462 e.